The van der Waals surface area contributed by atoms with Crippen molar-refractivity contribution >= 4 is 17.6 Å². The first kappa shape index (κ1) is 21.0. The molecule has 0 saturated carbocycles. The zero-order chi connectivity index (χ0) is 21.2. The third kappa shape index (κ3) is 5.41. The largest absolute Gasteiger partial charge is 0.496 e. The van der Waals surface area contributed by atoms with Crippen LogP contribution in [-0.2, 0) is 4.79 Å². The minimum absolute atomic E-state index is 0.185. The van der Waals surface area contributed by atoms with E-state index in [0.717, 1.165) is 11.1 Å². The summed E-state index contributed by atoms with van der Waals surface area (Å²) in [4.78, 5) is 13.0. The van der Waals surface area contributed by atoms with Crippen LogP contribution in [-0.4, -0.2) is 33.3 Å². The molecule has 0 bridgehead atoms. The number of amides is 1. The molecule has 5 heteroatoms. The summed E-state index contributed by atoms with van der Waals surface area (Å²) in [6.07, 6.45) is 1.84. The number of carbonyl (C=O) groups excluding carboxylic acids is 1. The maximum atomic E-state index is 13.0. The van der Waals surface area contributed by atoms with E-state index in [1.807, 2.05) is 84.9 Å². The Bertz CT molecular complexity index is 999. The Labute approximate surface area is 176 Å². The summed E-state index contributed by atoms with van der Waals surface area (Å²) in [6, 6.07) is 24.6. The van der Waals surface area contributed by atoms with E-state index < -0.39 is 0 Å². The molecule has 0 fully saturated rings. The summed E-state index contributed by atoms with van der Waals surface area (Å²) < 4.78 is 16.4. The van der Waals surface area contributed by atoms with Gasteiger partial charge in [-0.2, -0.15) is 0 Å². The van der Waals surface area contributed by atoms with Gasteiger partial charge in [0.25, 0.3) is 5.91 Å². The van der Waals surface area contributed by atoms with Crippen molar-refractivity contribution in [1.29, 1.82) is 0 Å². The van der Waals surface area contributed by atoms with Gasteiger partial charge in [0.05, 0.1) is 20.8 Å². The minimum Gasteiger partial charge on any atom is -0.496 e. The minimum atomic E-state index is -0.185. The smallest absolute Gasteiger partial charge is 0.252 e. The average molecular weight is 403 g/mol. The van der Waals surface area contributed by atoms with Crippen LogP contribution in [0.3, 0.4) is 0 Å². The van der Waals surface area contributed by atoms with E-state index in [-0.39, 0.29) is 5.91 Å². The van der Waals surface area contributed by atoms with Crippen molar-refractivity contribution in [1.82, 2.24) is 5.32 Å². The monoisotopic (exact) mass is 403 g/mol. The molecule has 1 N–H and O–H groups in total. The Balaban J connectivity index is 1.72. The van der Waals surface area contributed by atoms with Crippen LogP contribution in [0.5, 0.6) is 17.2 Å². The lowest BCUT2D eigenvalue weighted by molar-refractivity contribution is -0.115. The van der Waals surface area contributed by atoms with Gasteiger partial charge in [0, 0.05) is 11.1 Å². The molecule has 0 heterocycles. The maximum Gasteiger partial charge on any atom is 0.252 e. The van der Waals surface area contributed by atoms with Crippen molar-refractivity contribution in [3.05, 3.63) is 90.0 Å². The van der Waals surface area contributed by atoms with Gasteiger partial charge in [-0.15, -0.1) is 0 Å². The molecule has 0 saturated heterocycles. The lowest BCUT2D eigenvalue weighted by Crippen LogP contribution is -2.28. The Hall–Kier alpha value is -3.73. The molecular formula is C25H25NO4. The molecule has 154 valence electrons. The fraction of sp³-hybridized carbons (Fsp3) is 0.160. The zero-order valence-electron chi connectivity index (χ0n) is 17.1. The second kappa shape index (κ2) is 10.7. The van der Waals surface area contributed by atoms with Gasteiger partial charge in [0.15, 0.2) is 11.5 Å². The van der Waals surface area contributed by atoms with Crippen LogP contribution in [0, 0.1) is 0 Å². The van der Waals surface area contributed by atoms with E-state index in [1.54, 1.807) is 14.2 Å². The highest BCUT2D eigenvalue weighted by atomic mass is 16.5. The average Bonchev–Trinajstić information content (AvgIpc) is 2.81. The fourth-order valence-corrected chi connectivity index (χ4v) is 3.00. The first-order valence-electron chi connectivity index (χ1n) is 9.67. The lowest BCUT2D eigenvalue weighted by atomic mass is 10.0. The number of para-hydroxylation sites is 3. The van der Waals surface area contributed by atoms with Crippen LogP contribution in [0.25, 0.3) is 11.6 Å². The number of ether oxygens (including phenoxy) is 3. The molecule has 0 aliphatic heterocycles. The molecule has 0 aliphatic carbocycles. The molecule has 3 aromatic carbocycles. The third-order valence-corrected chi connectivity index (χ3v) is 4.48. The van der Waals surface area contributed by atoms with Crippen molar-refractivity contribution in [3.8, 4) is 17.2 Å². The molecule has 30 heavy (non-hydrogen) atoms. The predicted octanol–water partition coefficient (Wildman–Crippen LogP) is 4.44. The van der Waals surface area contributed by atoms with Crippen molar-refractivity contribution in [2.75, 3.05) is 27.4 Å². The lowest BCUT2D eigenvalue weighted by Gasteiger charge is -2.13. The molecule has 0 unspecified atom stereocenters. The first-order chi connectivity index (χ1) is 14.7. The summed E-state index contributed by atoms with van der Waals surface area (Å²) in [5.74, 6) is 1.82. The quantitative estimate of drug-likeness (QED) is 0.326. The van der Waals surface area contributed by atoms with Gasteiger partial charge in [-0.3, -0.25) is 4.79 Å². The molecule has 5 nitrogen and oxygen atoms in total. The molecular weight excluding hydrogens is 378 g/mol. The van der Waals surface area contributed by atoms with Crippen molar-refractivity contribution in [2.24, 2.45) is 0 Å². The van der Waals surface area contributed by atoms with Crippen LogP contribution in [0.2, 0.25) is 0 Å². The third-order valence-electron chi connectivity index (χ3n) is 4.48. The van der Waals surface area contributed by atoms with Crippen molar-refractivity contribution in [3.63, 3.8) is 0 Å². The number of nitrogens with one attached hydrogen (secondary N) is 1. The van der Waals surface area contributed by atoms with E-state index in [4.69, 9.17) is 14.2 Å². The van der Waals surface area contributed by atoms with Gasteiger partial charge in [-0.05, 0) is 29.8 Å². The molecule has 1 amide bonds. The van der Waals surface area contributed by atoms with Crippen LogP contribution < -0.4 is 19.5 Å². The summed E-state index contributed by atoms with van der Waals surface area (Å²) in [7, 11) is 3.21. The van der Waals surface area contributed by atoms with Gasteiger partial charge < -0.3 is 19.5 Å². The predicted molar refractivity (Wildman–Crippen MR) is 119 cm³/mol. The Morgan fingerprint density at radius 1 is 0.800 bits per heavy atom. The summed E-state index contributed by atoms with van der Waals surface area (Å²) in [5, 5.41) is 2.93. The number of hydrogen-bond acceptors (Lipinski definition) is 4. The second-order valence-corrected chi connectivity index (χ2v) is 6.42. The van der Waals surface area contributed by atoms with Gasteiger partial charge in [-0.25, -0.2) is 0 Å². The molecule has 3 aromatic rings. The SMILES string of the molecule is COc1ccccc1/C=C(/C(=O)NCCOc1ccccc1OC)c1ccccc1. The Morgan fingerprint density at radius 3 is 2.10 bits per heavy atom. The number of methoxy groups -OCH3 is 2. The van der Waals surface area contributed by atoms with Crippen LogP contribution in [0.15, 0.2) is 78.9 Å². The fourth-order valence-electron chi connectivity index (χ4n) is 3.00. The molecule has 0 aliphatic rings. The van der Waals surface area contributed by atoms with E-state index in [2.05, 4.69) is 5.32 Å². The van der Waals surface area contributed by atoms with Gasteiger partial charge in [0.1, 0.15) is 12.4 Å². The molecule has 0 radical (unpaired) electrons. The van der Waals surface area contributed by atoms with E-state index >= 15 is 0 Å². The van der Waals surface area contributed by atoms with Crippen LogP contribution in [0.4, 0.5) is 0 Å². The number of carbonyl (C=O) groups is 1. The highest BCUT2D eigenvalue weighted by molar-refractivity contribution is 6.24. The normalized spacial score (nSPS) is 10.9. The van der Waals surface area contributed by atoms with Gasteiger partial charge in [0.2, 0.25) is 0 Å². The van der Waals surface area contributed by atoms with Crippen LogP contribution >= 0.6 is 0 Å². The second-order valence-electron chi connectivity index (χ2n) is 6.42. The van der Waals surface area contributed by atoms with E-state index in [0.29, 0.717) is 36.0 Å². The van der Waals surface area contributed by atoms with Crippen LogP contribution in [0.1, 0.15) is 11.1 Å². The standard InChI is InChI=1S/C25H25NO4/c1-28-22-13-7-6-12-20(22)18-21(19-10-4-3-5-11-19)25(27)26-16-17-30-24-15-9-8-14-23(24)29-2/h3-15,18H,16-17H2,1-2H3,(H,26,27)/b21-18+. The first-order valence-corrected chi connectivity index (χ1v) is 9.67. The molecule has 0 aromatic heterocycles. The summed E-state index contributed by atoms with van der Waals surface area (Å²) in [5.41, 5.74) is 2.21. The maximum absolute atomic E-state index is 13.0. The summed E-state index contributed by atoms with van der Waals surface area (Å²) >= 11 is 0. The van der Waals surface area contributed by atoms with Gasteiger partial charge >= 0.3 is 0 Å². The Kier molecular flexibility index (Phi) is 7.50. The number of hydrogen-bond donors (Lipinski definition) is 1. The van der Waals surface area contributed by atoms with E-state index in [9.17, 15) is 4.79 Å². The van der Waals surface area contributed by atoms with Crippen molar-refractivity contribution in [2.45, 2.75) is 0 Å². The highest BCUT2D eigenvalue weighted by Crippen LogP contribution is 2.26. The summed E-state index contributed by atoms with van der Waals surface area (Å²) in [6.45, 7) is 0.676. The number of rotatable bonds is 9. The molecule has 3 rings (SSSR count). The van der Waals surface area contributed by atoms with Gasteiger partial charge in [-0.1, -0.05) is 60.7 Å². The number of benzene rings is 3. The highest BCUT2D eigenvalue weighted by Gasteiger charge is 2.13. The zero-order valence-corrected chi connectivity index (χ0v) is 17.1. The Morgan fingerprint density at radius 2 is 1.40 bits per heavy atom. The van der Waals surface area contributed by atoms with E-state index in [1.165, 1.54) is 0 Å². The molecule has 0 spiro atoms. The van der Waals surface area contributed by atoms with Crippen molar-refractivity contribution < 1.29 is 19.0 Å². The molecule has 0 atom stereocenters. The topological polar surface area (TPSA) is 56.8 Å².